The maximum Gasteiger partial charge on any atom is 0.338 e. The van der Waals surface area contributed by atoms with Crippen molar-refractivity contribution in [2.45, 2.75) is 44.9 Å². The molecule has 1 N–H and O–H groups in total. The van der Waals surface area contributed by atoms with Crippen molar-refractivity contribution in [1.29, 1.82) is 0 Å². The molecule has 2 rings (SSSR count). The van der Waals surface area contributed by atoms with Gasteiger partial charge in [-0.15, -0.1) is 0 Å². The molecule has 0 amide bonds. The van der Waals surface area contributed by atoms with Crippen LogP contribution in [0.5, 0.6) is 5.75 Å². The molecule has 158 valence electrons. The van der Waals surface area contributed by atoms with Gasteiger partial charge in [0.15, 0.2) is 0 Å². The third kappa shape index (κ3) is 5.81. The second-order valence-corrected chi connectivity index (χ2v) is 9.69. The molecule has 7 heteroatoms. The van der Waals surface area contributed by atoms with Crippen LogP contribution in [0.25, 0.3) is 0 Å². The average Bonchev–Trinajstić information content (AvgIpc) is 2.66. The highest BCUT2D eigenvalue weighted by Gasteiger charge is 2.20. The molecule has 0 saturated heterocycles. The van der Waals surface area contributed by atoms with Crippen LogP contribution in [0.1, 0.15) is 47.8 Å². The van der Waals surface area contributed by atoms with E-state index in [9.17, 15) is 13.2 Å². The van der Waals surface area contributed by atoms with Crippen molar-refractivity contribution in [2.24, 2.45) is 0 Å². The van der Waals surface area contributed by atoms with Gasteiger partial charge in [0, 0.05) is 6.54 Å². The van der Waals surface area contributed by atoms with E-state index in [-0.39, 0.29) is 29.0 Å². The summed E-state index contributed by atoms with van der Waals surface area (Å²) in [4.78, 5) is 11.9. The number of benzene rings is 2. The Hall–Kier alpha value is -2.38. The summed E-state index contributed by atoms with van der Waals surface area (Å²) in [6.45, 7) is 10.2. The number of ether oxygens (including phenoxy) is 2. The first-order chi connectivity index (χ1) is 13.5. The Balaban J connectivity index is 2.02. The summed E-state index contributed by atoms with van der Waals surface area (Å²) in [6, 6.07) is 10.6. The monoisotopic (exact) mass is 419 g/mol. The maximum absolute atomic E-state index is 12.6. The van der Waals surface area contributed by atoms with E-state index >= 15 is 0 Å². The van der Waals surface area contributed by atoms with Gasteiger partial charge in [-0.2, -0.15) is 0 Å². The summed E-state index contributed by atoms with van der Waals surface area (Å²) in [6.07, 6.45) is 0. The van der Waals surface area contributed by atoms with Crippen LogP contribution in [0, 0.1) is 13.8 Å². The number of hydrogen-bond acceptors (Lipinski definition) is 5. The molecule has 2 aromatic carbocycles. The standard InChI is InChI=1S/C22H29NO5S/c1-15-13-19(14-20(16(15)2)21(24)27-6)29(25,26)23-11-12-28-18-9-7-17(8-10-18)22(3,4)5/h7-10,13-14,23H,11-12H2,1-6H3. The van der Waals surface area contributed by atoms with E-state index in [2.05, 4.69) is 25.5 Å². The van der Waals surface area contributed by atoms with Crippen LogP contribution >= 0.6 is 0 Å². The average molecular weight is 420 g/mol. The van der Waals surface area contributed by atoms with E-state index in [1.54, 1.807) is 13.8 Å². The second kappa shape index (κ2) is 8.97. The van der Waals surface area contributed by atoms with E-state index in [0.717, 1.165) is 0 Å². The molecule has 0 radical (unpaired) electrons. The van der Waals surface area contributed by atoms with Crippen LogP contribution < -0.4 is 9.46 Å². The number of carbonyl (C=O) groups is 1. The highest BCUT2D eigenvalue weighted by molar-refractivity contribution is 7.89. The first-order valence-corrected chi connectivity index (χ1v) is 10.9. The second-order valence-electron chi connectivity index (χ2n) is 7.92. The zero-order valence-corrected chi connectivity index (χ0v) is 18.6. The lowest BCUT2D eigenvalue weighted by Crippen LogP contribution is -2.28. The third-order valence-electron chi connectivity index (χ3n) is 4.74. The number of nitrogens with one attached hydrogen (secondary N) is 1. The first kappa shape index (κ1) is 22.9. The van der Waals surface area contributed by atoms with Gasteiger partial charge in [-0.05, 0) is 60.2 Å². The number of carbonyl (C=O) groups excluding carboxylic acids is 1. The highest BCUT2D eigenvalue weighted by atomic mass is 32.2. The number of rotatable bonds is 7. The number of methoxy groups -OCH3 is 1. The van der Waals surface area contributed by atoms with Crippen LogP contribution in [0.15, 0.2) is 41.3 Å². The summed E-state index contributed by atoms with van der Waals surface area (Å²) in [7, 11) is -2.52. The van der Waals surface area contributed by atoms with Crippen molar-refractivity contribution in [3.63, 3.8) is 0 Å². The summed E-state index contributed by atoms with van der Waals surface area (Å²) < 4.78 is 38.1. The molecule has 0 aliphatic carbocycles. The fourth-order valence-corrected chi connectivity index (χ4v) is 3.91. The van der Waals surface area contributed by atoms with Gasteiger partial charge < -0.3 is 9.47 Å². The number of sulfonamides is 1. The largest absolute Gasteiger partial charge is 0.492 e. The van der Waals surface area contributed by atoms with E-state index in [4.69, 9.17) is 9.47 Å². The van der Waals surface area contributed by atoms with Crippen molar-refractivity contribution in [3.05, 3.63) is 58.7 Å². The van der Waals surface area contributed by atoms with Crippen molar-refractivity contribution in [3.8, 4) is 5.75 Å². The molecule has 0 atom stereocenters. The maximum atomic E-state index is 12.6. The lowest BCUT2D eigenvalue weighted by atomic mass is 9.87. The molecule has 0 fully saturated rings. The van der Waals surface area contributed by atoms with Crippen molar-refractivity contribution >= 4 is 16.0 Å². The quantitative estimate of drug-likeness (QED) is 0.546. The van der Waals surface area contributed by atoms with E-state index in [0.29, 0.717) is 16.9 Å². The van der Waals surface area contributed by atoms with Crippen LogP contribution in [-0.4, -0.2) is 34.6 Å². The van der Waals surface area contributed by atoms with E-state index in [1.807, 2.05) is 24.3 Å². The van der Waals surface area contributed by atoms with Crippen molar-refractivity contribution < 1.29 is 22.7 Å². The molecule has 0 unspecified atom stereocenters. The van der Waals surface area contributed by atoms with Gasteiger partial charge in [0.2, 0.25) is 10.0 Å². The lowest BCUT2D eigenvalue weighted by molar-refractivity contribution is 0.0599. The summed E-state index contributed by atoms with van der Waals surface area (Å²) in [5, 5.41) is 0. The smallest absolute Gasteiger partial charge is 0.338 e. The number of esters is 1. The van der Waals surface area contributed by atoms with E-state index in [1.165, 1.54) is 24.8 Å². The fourth-order valence-electron chi connectivity index (χ4n) is 2.78. The minimum Gasteiger partial charge on any atom is -0.492 e. The molecule has 29 heavy (non-hydrogen) atoms. The Morgan fingerprint density at radius 3 is 2.24 bits per heavy atom. The minimum absolute atomic E-state index is 0.0236. The summed E-state index contributed by atoms with van der Waals surface area (Å²) in [5.74, 6) is 0.112. The highest BCUT2D eigenvalue weighted by Crippen LogP contribution is 2.24. The van der Waals surface area contributed by atoms with Gasteiger partial charge in [-0.25, -0.2) is 17.9 Å². The van der Waals surface area contributed by atoms with Crippen LogP contribution in [0.4, 0.5) is 0 Å². The molecular weight excluding hydrogens is 390 g/mol. The van der Waals surface area contributed by atoms with Gasteiger partial charge >= 0.3 is 5.97 Å². The Morgan fingerprint density at radius 2 is 1.69 bits per heavy atom. The van der Waals surface area contributed by atoms with Gasteiger partial charge in [0.1, 0.15) is 12.4 Å². The number of aryl methyl sites for hydroxylation is 1. The molecule has 6 nitrogen and oxygen atoms in total. The van der Waals surface area contributed by atoms with Gasteiger partial charge in [-0.1, -0.05) is 32.9 Å². The Morgan fingerprint density at radius 1 is 1.07 bits per heavy atom. The predicted molar refractivity (Wildman–Crippen MR) is 113 cm³/mol. The van der Waals surface area contributed by atoms with Crippen molar-refractivity contribution in [2.75, 3.05) is 20.3 Å². The van der Waals surface area contributed by atoms with E-state index < -0.39 is 16.0 Å². The molecule has 0 bridgehead atoms. The molecular formula is C22H29NO5S. The van der Waals surface area contributed by atoms with Gasteiger partial charge in [0.05, 0.1) is 17.6 Å². The normalized spacial score (nSPS) is 11.9. The Bertz CT molecular complexity index is 973. The zero-order valence-electron chi connectivity index (χ0n) is 17.8. The van der Waals surface area contributed by atoms with Crippen molar-refractivity contribution in [1.82, 2.24) is 4.72 Å². The molecule has 0 aromatic heterocycles. The SMILES string of the molecule is COC(=O)c1cc(S(=O)(=O)NCCOc2ccc(C(C)(C)C)cc2)cc(C)c1C. The Kier molecular flexibility index (Phi) is 7.08. The minimum atomic E-state index is -3.78. The van der Waals surface area contributed by atoms with Gasteiger partial charge in [0.25, 0.3) is 0 Å². The number of hydrogen-bond donors (Lipinski definition) is 1. The molecule has 2 aromatic rings. The van der Waals surface area contributed by atoms with Crippen LogP contribution in [-0.2, 0) is 20.2 Å². The van der Waals surface area contributed by atoms with Gasteiger partial charge in [-0.3, -0.25) is 0 Å². The molecule has 0 aliphatic heterocycles. The fraction of sp³-hybridized carbons (Fsp3) is 0.409. The third-order valence-corrected chi connectivity index (χ3v) is 6.18. The van der Waals surface area contributed by atoms with Crippen LogP contribution in [0.2, 0.25) is 0 Å². The summed E-state index contributed by atoms with van der Waals surface area (Å²) >= 11 is 0. The molecule has 0 spiro atoms. The Labute approximate surface area is 173 Å². The molecule has 0 heterocycles. The predicted octanol–water partition coefficient (Wildman–Crippen LogP) is 3.74. The lowest BCUT2D eigenvalue weighted by Gasteiger charge is -2.19. The molecule has 0 aliphatic rings. The summed E-state index contributed by atoms with van der Waals surface area (Å²) in [5.41, 5.74) is 2.88. The zero-order chi connectivity index (χ0) is 21.8. The first-order valence-electron chi connectivity index (χ1n) is 9.38. The molecule has 0 saturated carbocycles. The van der Waals surface area contributed by atoms with Crippen LogP contribution in [0.3, 0.4) is 0 Å². The topological polar surface area (TPSA) is 81.7 Å².